The summed E-state index contributed by atoms with van der Waals surface area (Å²) < 4.78 is 17.8. The molecule has 4 aromatic carbocycles. The Labute approximate surface area is 220 Å². The molecule has 1 nitrogen and oxygen atoms in total. The summed E-state index contributed by atoms with van der Waals surface area (Å²) in [5, 5.41) is 0. The Hall–Kier alpha value is -3.32. The first-order valence-electron chi connectivity index (χ1n) is 14.2. The maximum atomic E-state index is 8.96. The van der Waals surface area contributed by atoms with Gasteiger partial charge in [0.1, 0.15) is 0 Å². The van der Waals surface area contributed by atoms with E-state index >= 15 is 0 Å². The molecule has 1 aliphatic rings. The van der Waals surface area contributed by atoms with Gasteiger partial charge in [0, 0.05) is 24.9 Å². The number of anilines is 2. The number of aryl methyl sites for hydroxylation is 2. The quantitative estimate of drug-likeness (QED) is 0.278. The third kappa shape index (κ3) is 3.86. The average molecular weight is 476 g/mol. The molecule has 2 atom stereocenters. The first-order valence-corrected chi connectivity index (χ1v) is 13.0. The van der Waals surface area contributed by atoms with Gasteiger partial charge in [-0.25, -0.2) is 0 Å². The van der Waals surface area contributed by atoms with E-state index in [0.717, 1.165) is 33.6 Å². The summed E-state index contributed by atoms with van der Waals surface area (Å²) in [6.45, 7) is 15.2. The molecule has 1 heteroatoms. The van der Waals surface area contributed by atoms with Crippen LogP contribution in [0.25, 0.3) is 22.3 Å². The van der Waals surface area contributed by atoms with Crippen molar-refractivity contribution in [3.8, 4) is 22.3 Å². The van der Waals surface area contributed by atoms with Crippen LogP contribution < -0.4 is 4.90 Å². The van der Waals surface area contributed by atoms with Gasteiger partial charge in [-0.3, -0.25) is 0 Å². The lowest BCUT2D eigenvalue weighted by Gasteiger charge is -2.42. The van der Waals surface area contributed by atoms with Gasteiger partial charge in [0.25, 0.3) is 0 Å². The van der Waals surface area contributed by atoms with Crippen LogP contribution in [-0.2, 0) is 18.2 Å². The number of fused-ring (bicyclic) bond motifs is 3. The molecule has 0 radical (unpaired) electrons. The highest BCUT2D eigenvalue weighted by Gasteiger charge is 2.38. The van der Waals surface area contributed by atoms with E-state index in [9.17, 15) is 0 Å². The molecule has 0 saturated heterocycles. The normalized spacial score (nSPS) is 16.4. The number of hydrogen-bond acceptors (Lipinski definition) is 1. The van der Waals surface area contributed by atoms with Crippen LogP contribution >= 0.6 is 0 Å². The molecule has 0 aromatic heterocycles. The van der Waals surface area contributed by atoms with Gasteiger partial charge in [-0.15, -0.1) is 0 Å². The molecule has 0 fully saturated rings. The summed E-state index contributed by atoms with van der Waals surface area (Å²) >= 11 is 0. The molecule has 184 valence electrons. The second-order valence-corrected chi connectivity index (χ2v) is 11.3. The minimum atomic E-state index is -0.406. The molecule has 0 saturated carbocycles. The molecule has 2 unspecified atom stereocenters. The Morgan fingerprint density at radius 2 is 1.33 bits per heavy atom. The van der Waals surface area contributed by atoms with Crippen LogP contribution in [0.3, 0.4) is 0 Å². The fraction of sp³-hybridized carbons (Fsp3) is 0.314. The highest BCUT2D eigenvalue weighted by Crippen LogP contribution is 2.52. The van der Waals surface area contributed by atoms with Crippen molar-refractivity contribution in [1.29, 1.82) is 0 Å². The maximum absolute atomic E-state index is 8.96. The van der Waals surface area contributed by atoms with Crippen LogP contribution in [0.4, 0.5) is 11.4 Å². The van der Waals surface area contributed by atoms with E-state index in [1.807, 2.05) is 19.9 Å². The van der Waals surface area contributed by atoms with Crippen LogP contribution in [0.1, 0.15) is 73.5 Å². The monoisotopic (exact) mass is 475 g/mol. The fourth-order valence-corrected chi connectivity index (χ4v) is 5.89. The average Bonchev–Trinajstić information content (AvgIpc) is 3.09. The summed E-state index contributed by atoms with van der Waals surface area (Å²) in [6.07, 6.45) is -0.803. The van der Waals surface area contributed by atoms with Gasteiger partial charge in [-0.05, 0) is 84.6 Å². The SMILES string of the molecule is [2H]C(C)c1cc2c(cc1N(c1c(-c3ccccc3)cccc1C([2H])C)C(C)(C)C)C(C)(C)c1ccccc1-2. The summed E-state index contributed by atoms with van der Waals surface area (Å²) in [5.41, 5.74) is 11.1. The summed E-state index contributed by atoms with van der Waals surface area (Å²) in [7, 11) is 0. The van der Waals surface area contributed by atoms with Crippen molar-refractivity contribution < 1.29 is 2.74 Å². The molecular formula is C35H39N. The second-order valence-electron chi connectivity index (χ2n) is 11.3. The molecule has 4 aromatic rings. The van der Waals surface area contributed by atoms with Crippen molar-refractivity contribution in [2.45, 2.75) is 72.2 Å². The molecule has 0 heterocycles. The third-order valence-electron chi connectivity index (χ3n) is 7.64. The molecule has 0 bridgehead atoms. The van der Waals surface area contributed by atoms with E-state index in [4.69, 9.17) is 2.74 Å². The van der Waals surface area contributed by atoms with E-state index in [0.29, 0.717) is 0 Å². The second kappa shape index (κ2) is 8.96. The van der Waals surface area contributed by atoms with Gasteiger partial charge in [0.2, 0.25) is 0 Å². The van der Waals surface area contributed by atoms with E-state index in [1.54, 1.807) is 0 Å². The van der Waals surface area contributed by atoms with Crippen molar-refractivity contribution in [1.82, 2.24) is 0 Å². The predicted molar refractivity (Wildman–Crippen MR) is 157 cm³/mol. The van der Waals surface area contributed by atoms with Crippen molar-refractivity contribution in [2.24, 2.45) is 0 Å². The standard InChI is InChI=1S/C35H39N/c1-8-24-18-15-20-27(26-16-11-10-12-17-26)33(24)36(34(3,4)5)32-23-31-29(22-25(32)9-2)28-19-13-14-21-30(28)35(31,6)7/h10-23H,8-9H2,1-7H3/i8D,9D. The lowest BCUT2D eigenvalue weighted by Crippen LogP contribution is -2.39. The van der Waals surface area contributed by atoms with Gasteiger partial charge < -0.3 is 4.90 Å². The summed E-state index contributed by atoms with van der Waals surface area (Å²) in [6, 6.07) is 30.1. The van der Waals surface area contributed by atoms with E-state index in [1.165, 1.54) is 22.3 Å². The lowest BCUT2D eigenvalue weighted by atomic mass is 9.81. The number of nitrogens with zero attached hydrogens (tertiary/aromatic N) is 1. The van der Waals surface area contributed by atoms with E-state index in [-0.39, 0.29) is 11.0 Å². The largest absolute Gasteiger partial charge is 0.335 e. The fourth-order valence-electron chi connectivity index (χ4n) is 5.89. The molecule has 0 amide bonds. The first-order chi connectivity index (χ1) is 17.9. The highest BCUT2D eigenvalue weighted by atomic mass is 15.2. The zero-order valence-electron chi connectivity index (χ0n) is 24.7. The first kappa shape index (κ1) is 21.9. The minimum absolute atomic E-state index is 0.140. The van der Waals surface area contributed by atoms with Crippen LogP contribution in [0.15, 0.2) is 84.9 Å². The molecule has 0 aliphatic heterocycles. The van der Waals surface area contributed by atoms with Crippen LogP contribution in [0, 0.1) is 0 Å². The topological polar surface area (TPSA) is 3.24 Å². The van der Waals surface area contributed by atoms with Crippen LogP contribution in [0.2, 0.25) is 0 Å². The zero-order chi connectivity index (χ0) is 27.4. The van der Waals surface area contributed by atoms with Gasteiger partial charge in [-0.1, -0.05) is 100 Å². The van der Waals surface area contributed by atoms with Gasteiger partial charge in [-0.2, -0.15) is 0 Å². The summed E-state index contributed by atoms with van der Waals surface area (Å²) in [4.78, 5) is 2.41. The number of hydrogen-bond donors (Lipinski definition) is 0. The molecule has 1 aliphatic carbocycles. The number of para-hydroxylation sites is 1. The van der Waals surface area contributed by atoms with Gasteiger partial charge in [0.05, 0.1) is 5.69 Å². The molecule has 5 rings (SSSR count). The molecule has 0 spiro atoms. The highest BCUT2D eigenvalue weighted by molar-refractivity contribution is 5.89. The van der Waals surface area contributed by atoms with E-state index in [2.05, 4.69) is 118 Å². The third-order valence-corrected chi connectivity index (χ3v) is 7.64. The van der Waals surface area contributed by atoms with Crippen molar-refractivity contribution >= 4 is 11.4 Å². The smallest absolute Gasteiger partial charge is 0.0527 e. The summed E-state index contributed by atoms with van der Waals surface area (Å²) in [5.74, 6) is 0. The zero-order valence-corrected chi connectivity index (χ0v) is 22.7. The lowest BCUT2D eigenvalue weighted by molar-refractivity contribution is 0.557. The van der Waals surface area contributed by atoms with Crippen molar-refractivity contribution in [3.05, 3.63) is 107 Å². The maximum Gasteiger partial charge on any atom is 0.0527 e. The Morgan fingerprint density at radius 3 is 2.00 bits per heavy atom. The van der Waals surface area contributed by atoms with Crippen molar-refractivity contribution in [2.75, 3.05) is 4.90 Å². The Bertz CT molecular complexity index is 1480. The van der Waals surface area contributed by atoms with Gasteiger partial charge >= 0.3 is 0 Å². The number of rotatable bonds is 5. The Morgan fingerprint density at radius 1 is 0.694 bits per heavy atom. The molecule has 0 N–H and O–H groups in total. The van der Waals surface area contributed by atoms with Crippen LogP contribution in [0.5, 0.6) is 0 Å². The Balaban J connectivity index is 1.86. The van der Waals surface area contributed by atoms with Gasteiger partial charge in [0.15, 0.2) is 0 Å². The number of benzene rings is 4. The van der Waals surface area contributed by atoms with Crippen LogP contribution in [-0.4, -0.2) is 5.54 Å². The Kier molecular flexibility index (Phi) is 5.46. The van der Waals surface area contributed by atoms with Crippen molar-refractivity contribution in [3.63, 3.8) is 0 Å². The van der Waals surface area contributed by atoms with E-state index < -0.39 is 12.8 Å². The molecular weight excluding hydrogens is 434 g/mol. The molecule has 36 heavy (non-hydrogen) atoms. The predicted octanol–water partition coefficient (Wildman–Crippen LogP) is 9.72. The minimum Gasteiger partial charge on any atom is -0.335 e.